The van der Waals surface area contributed by atoms with Crippen LogP contribution in [-0.4, -0.2) is 67.6 Å². The van der Waals surface area contributed by atoms with Gasteiger partial charge in [-0.3, -0.25) is 4.90 Å². The van der Waals surface area contributed by atoms with Crippen LogP contribution in [0.2, 0.25) is 0 Å². The molecule has 3 rings (SSSR count). The molecule has 2 aromatic rings. The highest BCUT2D eigenvalue weighted by molar-refractivity contribution is 7.89. The molecule has 2 N–H and O–H groups in total. The van der Waals surface area contributed by atoms with Crippen molar-refractivity contribution in [2.24, 2.45) is 0 Å². The molecule has 9 heteroatoms. The highest BCUT2D eigenvalue weighted by Crippen LogP contribution is 2.26. The number of rotatable bonds is 8. The maximum Gasteiger partial charge on any atom is 0.244 e. The molecular weight excluding hydrogens is 368 g/mol. The standard InChI is InChI=1S/C18H26N4O4S/c1-26-17-7-6-15(22-11-4-8-19-22)13-18(17)27(24,25)20-9-12-21-10-3-2-5-16(21)14-23/h4,6-8,11,13,16,20,23H,2-3,5,9-10,12,14H2,1H3/t16-/m1/s1. The summed E-state index contributed by atoms with van der Waals surface area (Å²) < 4.78 is 35.2. The number of benzene rings is 1. The van der Waals surface area contributed by atoms with Crippen molar-refractivity contribution in [1.29, 1.82) is 0 Å². The third-order valence-electron chi connectivity index (χ3n) is 4.86. The molecule has 148 valence electrons. The molecule has 0 saturated carbocycles. The fourth-order valence-corrected chi connectivity index (χ4v) is 4.61. The molecule has 0 radical (unpaired) electrons. The number of aliphatic hydroxyl groups is 1. The summed E-state index contributed by atoms with van der Waals surface area (Å²) in [5, 5.41) is 13.6. The Morgan fingerprint density at radius 2 is 2.22 bits per heavy atom. The van der Waals surface area contributed by atoms with Crippen LogP contribution in [0.15, 0.2) is 41.6 Å². The number of ether oxygens (including phenoxy) is 1. The Hall–Kier alpha value is -1.94. The molecule has 1 saturated heterocycles. The van der Waals surface area contributed by atoms with E-state index in [0.717, 1.165) is 25.8 Å². The minimum Gasteiger partial charge on any atom is -0.495 e. The normalized spacial score (nSPS) is 18.5. The molecule has 0 bridgehead atoms. The van der Waals surface area contributed by atoms with Gasteiger partial charge in [0.25, 0.3) is 0 Å². The van der Waals surface area contributed by atoms with Crippen LogP contribution in [-0.2, 0) is 10.0 Å². The van der Waals surface area contributed by atoms with Crippen molar-refractivity contribution in [3.63, 3.8) is 0 Å². The van der Waals surface area contributed by atoms with Gasteiger partial charge in [0, 0.05) is 31.5 Å². The van der Waals surface area contributed by atoms with E-state index in [1.54, 1.807) is 41.3 Å². The second kappa shape index (κ2) is 8.83. The Morgan fingerprint density at radius 3 is 2.93 bits per heavy atom. The number of nitrogens with one attached hydrogen (secondary N) is 1. The van der Waals surface area contributed by atoms with E-state index in [-0.39, 0.29) is 29.8 Å². The van der Waals surface area contributed by atoms with Crippen LogP contribution in [0.3, 0.4) is 0 Å². The largest absolute Gasteiger partial charge is 0.495 e. The molecular formula is C18H26N4O4S. The van der Waals surface area contributed by atoms with Crippen molar-refractivity contribution in [3.05, 3.63) is 36.7 Å². The van der Waals surface area contributed by atoms with Crippen LogP contribution in [0.1, 0.15) is 19.3 Å². The van der Waals surface area contributed by atoms with Crippen LogP contribution in [0.25, 0.3) is 5.69 Å². The summed E-state index contributed by atoms with van der Waals surface area (Å²) in [4.78, 5) is 2.22. The van der Waals surface area contributed by atoms with Gasteiger partial charge < -0.3 is 9.84 Å². The third-order valence-corrected chi connectivity index (χ3v) is 6.34. The van der Waals surface area contributed by atoms with Crippen molar-refractivity contribution in [2.45, 2.75) is 30.2 Å². The van der Waals surface area contributed by atoms with E-state index in [4.69, 9.17) is 4.74 Å². The van der Waals surface area contributed by atoms with Crippen molar-refractivity contribution >= 4 is 10.0 Å². The lowest BCUT2D eigenvalue weighted by atomic mass is 10.0. The lowest BCUT2D eigenvalue weighted by Gasteiger charge is -2.34. The zero-order valence-corrected chi connectivity index (χ0v) is 16.2. The lowest BCUT2D eigenvalue weighted by Crippen LogP contribution is -2.45. The summed E-state index contributed by atoms with van der Waals surface area (Å²) in [5.74, 6) is 0.282. The second-order valence-electron chi connectivity index (χ2n) is 6.55. The Bertz CT molecular complexity index is 839. The molecule has 0 unspecified atom stereocenters. The quantitative estimate of drug-likeness (QED) is 0.694. The Labute approximate surface area is 159 Å². The Kier molecular flexibility index (Phi) is 6.48. The maximum absolute atomic E-state index is 12.8. The number of aromatic nitrogens is 2. The molecule has 1 aromatic carbocycles. The van der Waals surface area contributed by atoms with Gasteiger partial charge in [-0.25, -0.2) is 17.8 Å². The molecule has 1 aliphatic heterocycles. The smallest absolute Gasteiger partial charge is 0.244 e. The fraction of sp³-hybridized carbons (Fsp3) is 0.500. The van der Waals surface area contributed by atoms with E-state index in [2.05, 4.69) is 14.7 Å². The van der Waals surface area contributed by atoms with Gasteiger partial charge in [-0.15, -0.1) is 0 Å². The zero-order valence-electron chi connectivity index (χ0n) is 15.4. The van der Waals surface area contributed by atoms with Gasteiger partial charge in [-0.1, -0.05) is 6.42 Å². The lowest BCUT2D eigenvalue weighted by molar-refractivity contribution is 0.0923. The van der Waals surface area contributed by atoms with Crippen LogP contribution < -0.4 is 9.46 Å². The Balaban J connectivity index is 1.73. The van der Waals surface area contributed by atoms with Crippen LogP contribution in [0, 0.1) is 0 Å². The van der Waals surface area contributed by atoms with Gasteiger partial charge in [0.05, 0.1) is 19.4 Å². The molecule has 2 heterocycles. The molecule has 0 spiro atoms. The number of sulfonamides is 1. The van der Waals surface area contributed by atoms with Gasteiger partial charge in [-0.2, -0.15) is 5.10 Å². The molecule has 27 heavy (non-hydrogen) atoms. The number of methoxy groups -OCH3 is 1. The molecule has 1 aliphatic rings. The first-order chi connectivity index (χ1) is 13.0. The van der Waals surface area contributed by atoms with Crippen molar-refractivity contribution in [1.82, 2.24) is 19.4 Å². The minimum atomic E-state index is -3.75. The summed E-state index contributed by atoms with van der Waals surface area (Å²) in [6.07, 6.45) is 6.50. The zero-order chi connectivity index (χ0) is 19.3. The van der Waals surface area contributed by atoms with Crippen LogP contribution in [0.4, 0.5) is 0 Å². The summed E-state index contributed by atoms with van der Waals surface area (Å²) in [6, 6.07) is 6.81. The van der Waals surface area contributed by atoms with Crippen LogP contribution in [0.5, 0.6) is 5.75 Å². The first-order valence-corrected chi connectivity index (χ1v) is 10.6. The first kappa shape index (κ1) is 19.8. The number of hydrogen-bond acceptors (Lipinski definition) is 6. The van der Waals surface area contributed by atoms with Crippen molar-refractivity contribution < 1.29 is 18.3 Å². The van der Waals surface area contributed by atoms with Gasteiger partial charge >= 0.3 is 0 Å². The van der Waals surface area contributed by atoms with Crippen LogP contribution >= 0.6 is 0 Å². The predicted octanol–water partition coefficient (Wildman–Crippen LogP) is 1.01. The fourth-order valence-electron chi connectivity index (χ4n) is 3.40. The molecule has 0 amide bonds. The van der Waals surface area contributed by atoms with E-state index >= 15 is 0 Å². The van der Waals surface area contributed by atoms with E-state index in [9.17, 15) is 13.5 Å². The van der Waals surface area contributed by atoms with E-state index in [0.29, 0.717) is 12.2 Å². The highest BCUT2D eigenvalue weighted by Gasteiger charge is 2.24. The van der Waals surface area contributed by atoms with Crippen molar-refractivity contribution in [3.8, 4) is 11.4 Å². The molecule has 1 atom stereocenters. The number of nitrogens with zero attached hydrogens (tertiary/aromatic N) is 3. The molecule has 0 aliphatic carbocycles. The summed E-state index contributed by atoms with van der Waals surface area (Å²) in [7, 11) is -2.30. The average Bonchev–Trinajstić information content (AvgIpc) is 3.22. The summed E-state index contributed by atoms with van der Waals surface area (Å²) in [5.41, 5.74) is 0.637. The van der Waals surface area contributed by atoms with Gasteiger partial charge in [0.15, 0.2) is 0 Å². The minimum absolute atomic E-state index is 0.0790. The third kappa shape index (κ3) is 4.67. The van der Waals surface area contributed by atoms with Gasteiger partial charge in [-0.05, 0) is 43.7 Å². The summed E-state index contributed by atoms with van der Waals surface area (Å²) >= 11 is 0. The van der Waals surface area contributed by atoms with Gasteiger partial charge in [0.2, 0.25) is 10.0 Å². The Morgan fingerprint density at radius 1 is 1.37 bits per heavy atom. The number of piperidine rings is 1. The molecule has 8 nitrogen and oxygen atoms in total. The second-order valence-corrected chi connectivity index (χ2v) is 8.29. The van der Waals surface area contributed by atoms with Gasteiger partial charge in [0.1, 0.15) is 10.6 Å². The van der Waals surface area contributed by atoms with Crippen molar-refractivity contribution in [2.75, 3.05) is 33.4 Å². The average molecular weight is 394 g/mol. The number of aliphatic hydroxyl groups excluding tert-OH is 1. The SMILES string of the molecule is COc1ccc(-n2cccn2)cc1S(=O)(=O)NCCN1CCCC[C@@H]1CO. The topological polar surface area (TPSA) is 96.7 Å². The monoisotopic (exact) mass is 394 g/mol. The van der Waals surface area contributed by atoms with E-state index in [1.807, 2.05) is 0 Å². The number of hydrogen-bond donors (Lipinski definition) is 2. The maximum atomic E-state index is 12.8. The summed E-state index contributed by atoms with van der Waals surface area (Å²) in [6.45, 7) is 1.82. The number of likely N-dealkylation sites (tertiary alicyclic amines) is 1. The van der Waals surface area contributed by atoms with E-state index in [1.165, 1.54) is 7.11 Å². The molecule has 1 aromatic heterocycles. The molecule has 1 fully saturated rings. The predicted molar refractivity (Wildman–Crippen MR) is 102 cm³/mol. The highest BCUT2D eigenvalue weighted by atomic mass is 32.2. The first-order valence-electron chi connectivity index (χ1n) is 9.08. The van der Waals surface area contributed by atoms with E-state index < -0.39 is 10.0 Å².